The minimum atomic E-state index is 0.00944. The Kier molecular flexibility index (Phi) is 3.10. The molecule has 0 unspecified atom stereocenters. The van der Waals surface area contributed by atoms with Crippen LogP contribution in [0.3, 0.4) is 0 Å². The van der Waals surface area contributed by atoms with Crippen molar-refractivity contribution in [1.82, 2.24) is 15.0 Å². The Bertz CT molecular complexity index is 605. The van der Waals surface area contributed by atoms with Crippen molar-refractivity contribution < 1.29 is 9.32 Å². The first-order valence-electron chi connectivity index (χ1n) is 6.31. The van der Waals surface area contributed by atoms with Gasteiger partial charge in [0.1, 0.15) is 4.88 Å². The van der Waals surface area contributed by atoms with E-state index in [-0.39, 0.29) is 11.9 Å². The first-order valence-corrected chi connectivity index (χ1v) is 7.19. The highest BCUT2D eigenvalue weighted by molar-refractivity contribution is 7.11. The van der Waals surface area contributed by atoms with Gasteiger partial charge in [-0.2, -0.15) is 0 Å². The summed E-state index contributed by atoms with van der Waals surface area (Å²) in [5, 5.41) is 3.91. The summed E-state index contributed by atoms with van der Waals surface area (Å²) in [6.45, 7) is 4.52. The monoisotopic (exact) mass is 277 g/mol. The molecule has 5 nitrogen and oxygen atoms in total. The summed E-state index contributed by atoms with van der Waals surface area (Å²) >= 11 is 1.40. The van der Waals surface area contributed by atoms with Crippen LogP contribution in [0.5, 0.6) is 0 Å². The SMILES string of the molecule is Cc1cc([C@H]2CCCN2C(=O)c2scnc2C)on1. The van der Waals surface area contributed by atoms with Gasteiger partial charge in [0.15, 0.2) is 5.76 Å². The van der Waals surface area contributed by atoms with E-state index in [1.54, 1.807) is 5.51 Å². The summed E-state index contributed by atoms with van der Waals surface area (Å²) < 4.78 is 5.32. The number of amides is 1. The lowest BCUT2D eigenvalue weighted by Gasteiger charge is -2.22. The summed E-state index contributed by atoms with van der Waals surface area (Å²) in [5.74, 6) is 0.835. The molecule has 1 fully saturated rings. The Labute approximate surface area is 115 Å². The molecule has 19 heavy (non-hydrogen) atoms. The maximum atomic E-state index is 12.6. The molecule has 0 saturated carbocycles. The zero-order chi connectivity index (χ0) is 13.4. The lowest BCUT2D eigenvalue weighted by molar-refractivity contribution is 0.0718. The molecule has 1 atom stereocenters. The number of likely N-dealkylation sites (tertiary alicyclic amines) is 1. The first-order chi connectivity index (χ1) is 9.16. The Morgan fingerprint density at radius 3 is 3.00 bits per heavy atom. The minimum Gasteiger partial charge on any atom is -0.359 e. The minimum absolute atomic E-state index is 0.00944. The van der Waals surface area contributed by atoms with Crippen LogP contribution >= 0.6 is 11.3 Å². The van der Waals surface area contributed by atoms with Gasteiger partial charge in [0, 0.05) is 12.6 Å². The van der Waals surface area contributed by atoms with E-state index in [9.17, 15) is 4.79 Å². The number of hydrogen-bond donors (Lipinski definition) is 0. The lowest BCUT2D eigenvalue weighted by Crippen LogP contribution is -2.30. The van der Waals surface area contributed by atoms with Crippen molar-refractivity contribution in [1.29, 1.82) is 0 Å². The third-order valence-corrected chi connectivity index (χ3v) is 4.34. The summed E-state index contributed by atoms with van der Waals surface area (Å²) in [7, 11) is 0. The maximum absolute atomic E-state index is 12.6. The number of aryl methyl sites for hydroxylation is 2. The van der Waals surface area contributed by atoms with Crippen LogP contribution in [-0.2, 0) is 0 Å². The predicted molar refractivity (Wildman–Crippen MR) is 71.1 cm³/mol. The quantitative estimate of drug-likeness (QED) is 0.847. The van der Waals surface area contributed by atoms with Gasteiger partial charge in [0.2, 0.25) is 0 Å². The van der Waals surface area contributed by atoms with Crippen LogP contribution in [0, 0.1) is 13.8 Å². The topological polar surface area (TPSA) is 59.2 Å². The van der Waals surface area contributed by atoms with Crippen molar-refractivity contribution in [3.8, 4) is 0 Å². The third kappa shape index (κ3) is 2.16. The van der Waals surface area contributed by atoms with Crippen LogP contribution in [-0.4, -0.2) is 27.5 Å². The normalized spacial score (nSPS) is 19.1. The molecule has 0 bridgehead atoms. The Morgan fingerprint density at radius 1 is 1.53 bits per heavy atom. The number of thiazole rings is 1. The maximum Gasteiger partial charge on any atom is 0.266 e. The molecule has 3 heterocycles. The van der Waals surface area contributed by atoms with Crippen LogP contribution in [0.15, 0.2) is 16.1 Å². The standard InChI is InChI=1S/C13H15N3O2S/c1-8-6-11(18-15-8)10-4-3-5-16(10)13(17)12-9(2)14-7-19-12/h6-7,10H,3-5H2,1-2H3/t10-/m1/s1. The van der Waals surface area contributed by atoms with Gasteiger partial charge in [-0.1, -0.05) is 5.16 Å². The molecule has 1 aliphatic heterocycles. The molecule has 0 N–H and O–H groups in total. The molecule has 6 heteroatoms. The molecule has 0 spiro atoms. The largest absolute Gasteiger partial charge is 0.359 e. The van der Waals surface area contributed by atoms with E-state index in [0.29, 0.717) is 0 Å². The fourth-order valence-corrected chi connectivity index (χ4v) is 3.24. The zero-order valence-corrected chi connectivity index (χ0v) is 11.7. The molecule has 2 aromatic rings. The molecule has 0 aliphatic carbocycles. The second kappa shape index (κ2) is 4.77. The highest BCUT2D eigenvalue weighted by Crippen LogP contribution is 2.34. The Morgan fingerprint density at radius 2 is 2.37 bits per heavy atom. The average Bonchev–Trinajstić information content (AvgIpc) is 3.07. The van der Waals surface area contributed by atoms with E-state index in [1.807, 2.05) is 24.8 Å². The molecular formula is C13H15N3O2S. The van der Waals surface area contributed by atoms with Gasteiger partial charge < -0.3 is 9.42 Å². The second-order valence-electron chi connectivity index (χ2n) is 4.79. The molecule has 1 aliphatic rings. The van der Waals surface area contributed by atoms with Crippen molar-refractivity contribution in [2.75, 3.05) is 6.54 Å². The summed E-state index contributed by atoms with van der Waals surface area (Å²) in [5.41, 5.74) is 3.37. The molecule has 1 amide bonds. The fraction of sp³-hybridized carbons (Fsp3) is 0.462. The molecule has 3 rings (SSSR count). The molecule has 1 saturated heterocycles. The van der Waals surface area contributed by atoms with Crippen LogP contribution < -0.4 is 0 Å². The second-order valence-corrected chi connectivity index (χ2v) is 5.65. The van der Waals surface area contributed by atoms with E-state index in [2.05, 4.69) is 10.1 Å². The van der Waals surface area contributed by atoms with Crippen LogP contribution in [0.2, 0.25) is 0 Å². The van der Waals surface area contributed by atoms with Crippen LogP contribution in [0.25, 0.3) is 0 Å². The van der Waals surface area contributed by atoms with Crippen LogP contribution in [0.1, 0.15) is 45.7 Å². The van der Waals surface area contributed by atoms with Gasteiger partial charge in [0.25, 0.3) is 5.91 Å². The van der Waals surface area contributed by atoms with Gasteiger partial charge in [0.05, 0.1) is 22.9 Å². The van der Waals surface area contributed by atoms with E-state index in [1.165, 1.54) is 11.3 Å². The van der Waals surface area contributed by atoms with Crippen molar-refractivity contribution in [2.45, 2.75) is 32.7 Å². The van der Waals surface area contributed by atoms with Crippen molar-refractivity contribution in [2.24, 2.45) is 0 Å². The zero-order valence-electron chi connectivity index (χ0n) is 10.9. The van der Waals surface area contributed by atoms with Gasteiger partial charge in [-0.05, 0) is 26.7 Å². The van der Waals surface area contributed by atoms with Gasteiger partial charge in [-0.15, -0.1) is 11.3 Å². The van der Waals surface area contributed by atoms with Gasteiger partial charge in [-0.25, -0.2) is 4.98 Å². The Balaban J connectivity index is 1.88. The summed E-state index contributed by atoms with van der Waals surface area (Å²) in [6, 6.07) is 1.92. The molecule has 0 aromatic carbocycles. The number of hydrogen-bond acceptors (Lipinski definition) is 5. The number of carbonyl (C=O) groups excluding carboxylic acids is 1. The lowest BCUT2D eigenvalue weighted by atomic mass is 10.1. The van der Waals surface area contributed by atoms with Crippen molar-refractivity contribution in [3.63, 3.8) is 0 Å². The Hall–Kier alpha value is -1.69. The van der Waals surface area contributed by atoms with Crippen LogP contribution in [0.4, 0.5) is 0 Å². The van der Waals surface area contributed by atoms with Crippen molar-refractivity contribution >= 4 is 17.2 Å². The smallest absolute Gasteiger partial charge is 0.266 e. The molecule has 0 radical (unpaired) electrons. The number of aromatic nitrogens is 2. The highest BCUT2D eigenvalue weighted by Gasteiger charge is 2.34. The number of rotatable bonds is 2. The molecule has 100 valence electrons. The van der Waals surface area contributed by atoms with E-state index < -0.39 is 0 Å². The van der Waals surface area contributed by atoms with Crippen molar-refractivity contribution in [3.05, 3.63) is 33.6 Å². The summed E-state index contributed by atoms with van der Waals surface area (Å²) in [6.07, 6.45) is 1.92. The number of nitrogens with zero attached hydrogens (tertiary/aromatic N) is 3. The predicted octanol–water partition coefficient (Wildman–Crippen LogP) is 2.73. The van der Waals surface area contributed by atoms with Gasteiger partial charge >= 0.3 is 0 Å². The molecule has 2 aromatic heterocycles. The molecular weight excluding hydrogens is 262 g/mol. The van der Waals surface area contributed by atoms with Gasteiger partial charge in [-0.3, -0.25) is 4.79 Å². The number of carbonyl (C=O) groups is 1. The summed E-state index contributed by atoms with van der Waals surface area (Å²) in [4.78, 5) is 19.3. The first kappa shape index (κ1) is 12.3. The third-order valence-electron chi connectivity index (χ3n) is 3.43. The van der Waals surface area contributed by atoms with E-state index in [4.69, 9.17) is 4.52 Å². The fourth-order valence-electron chi connectivity index (χ4n) is 2.48. The highest BCUT2D eigenvalue weighted by atomic mass is 32.1. The van der Waals surface area contributed by atoms with E-state index in [0.717, 1.165) is 41.4 Å². The van der Waals surface area contributed by atoms with E-state index >= 15 is 0 Å². The average molecular weight is 277 g/mol.